The van der Waals surface area contributed by atoms with Crippen LogP contribution in [0.3, 0.4) is 0 Å². The summed E-state index contributed by atoms with van der Waals surface area (Å²) in [6.07, 6.45) is 1.37. The van der Waals surface area contributed by atoms with Gasteiger partial charge in [-0.3, -0.25) is 4.79 Å². The third-order valence-corrected chi connectivity index (χ3v) is 3.86. The SMILES string of the molecule is CC(=O)c1coc(-c2ccc(OCc3ccccc3)c(OCC(C)C)c2)n1. The summed E-state index contributed by atoms with van der Waals surface area (Å²) in [5, 5.41) is 0. The molecule has 0 aliphatic carbocycles. The molecule has 5 heteroatoms. The maximum Gasteiger partial charge on any atom is 0.226 e. The molecule has 3 rings (SSSR count). The van der Waals surface area contributed by atoms with E-state index >= 15 is 0 Å². The second-order valence-electron chi connectivity index (χ2n) is 6.73. The molecule has 0 atom stereocenters. The van der Waals surface area contributed by atoms with E-state index in [0.717, 1.165) is 11.1 Å². The lowest BCUT2D eigenvalue weighted by Crippen LogP contribution is -2.06. The standard InChI is InChI=1S/C22H23NO4/c1-15(2)12-25-21-11-18(22-23-19(14-27-22)16(3)24)9-10-20(21)26-13-17-7-5-4-6-8-17/h4-11,14-15H,12-13H2,1-3H3. The van der Waals surface area contributed by atoms with Crippen LogP contribution in [0.15, 0.2) is 59.2 Å². The summed E-state index contributed by atoms with van der Waals surface area (Å²) in [5.74, 6) is 1.90. The van der Waals surface area contributed by atoms with Crippen molar-refractivity contribution >= 4 is 5.78 Å². The molecule has 0 fully saturated rings. The van der Waals surface area contributed by atoms with Crippen molar-refractivity contribution in [3.05, 3.63) is 66.1 Å². The van der Waals surface area contributed by atoms with Gasteiger partial charge in [-0.1, -0.05) is 44.2 Å². The van der Waals surface area contributed by atoms with E-state index < -0.39 is 0 Å². The van der Waals surface area contributed by atoms with Gasteiger partial charge in [0.15, 0.2) is 17.3 Å². The van der Waals surface area contributed by atoms with Gasteiger partial charge in [0.25, 0.3) is 0 Å². The van der Waals surface area contributed by atoms with Crippen molar-refractivity contribution < 1.29 is 18.7 Å². The molecule has 3 aromatic rings. The van der Waals surface area contributed by atoms with Crippen molar-refractivity contribution in [3.8, 4) is 23.0 Å². The molecule has 27 heavy (non-hydrogen) atoms. The molecule has 0 amide bonds. The first-order chi connectivity index (χ1) is 13.0. The van der Waals surface area contributed by atoms with E-state index in [1.165, 1.54) is 13.2 Å². The van der Waals surface area contributed by atoms with Crippen LogP contribution in [0.1, 0.15) is 36.8 Å². The van der Waals surface area contributed by atoms with E-state index in [1.54, 1.807) is 0 Å². The maximum atomic E-state index is 11.4. The van der Waals surface area contributed by atoms with Gasteiger partial charge in [-0.25, -0.2) is 4.98 Å². The molecule has 1 heterocycles. The van der Waals surface area contributed by atoms with Gasteiger partial charge in [-0.2, -0.15) is 0 Å². The Morgan fingerprint density at radius 2 is 1.85 bits per heavy atom. The average molecular weight is 365 g/mol. The number of ether oxygens (including phenoxy) is 2. The lowest BCUT2D eigenvalue weighted by Gasteiger charge is -2.15. The Morgan fingerprint density at radius 3 is 2.52 bits per heavy atom. The Balaban J connectivity index is 1.84. The van der Waals surface area contributed by atoms with Crippen LogP contribution in [0.4, 0.5) is 0 Å². The number of hydrogen-bond donors (Lipinski definition) is 0. The van der Waals surface area contributed by atoms with Crippen LogP contribution in [0, 0.1) is 5.92 Å². The molecule has 0 radical (unpaired) electrons. The highest BCUT2D eigenvalue weighted by molar-refractivity contribution is 5.92. The van der Waals surface area contributed by atoms with Gasteiger partial charge in [0, 0.05) is 12.5 Å². The smallest absolute Gasteiger partial charge is 0.226 e. The molecular formula is C22H23NO4. The zero-order valence-electron chi connectivity index (χ0n) is 15.8. The van der Waals surface area contributed by atoms with Crippen LogP contribution >= 0.6 is 0 Å². The van der Waals surface area contributed by atoms with Crippen molar-refractivity contribution in [2.24, 2.45) is 5.92 Å². The van der Waals surface area contributed by atoms with Crippen LogP contribution in [-0.4, -0.2) is 17.4 Å². The molecule has 1 aromatic heterocycles. The van der Waals surface area contributed by atoms with Gasteiger partial charge < -0.3 is 13.9 Å². The fourth-order valence-corrected chi connectivity index (χ4v) is 2.43. The molecular weight excluding hydrogens is 342 g/mol. The normalized spacial score (nSPS) is 10.8. The van der Waals surface area contributed by atoms with E-state index in [0.29, 0.717) is 42.2 Å². The molecule has 0 spiro atoms. The first-order valence-electron chi connectivity index (χ1n) is 8.93. The number of ketones is 1. The van der Waals surface area contributed by atoms with E-state index in [2.05, 4.69) is 18.8 Å². The first-order valence-corrected chi connectivity index (χ1v) is 8.93. The van der Waals surface area contributed by atoms with E-state index in [9.17, 15) is 4.79 Å². The highest BCUT2D eigenvalue weighted by atomic mass is 16.5. The summed E-state index contributed by atoms with van der Waals surface area (Å²) in [6.45, 7) is 6.64. The molecule has 0 saturated carbocycles. The van der Waals surface area contributed by atoms with Gasteiger partial charge in [-0.05, 0) is 29.7 Å². The molecule has 0 bridgehead atoms. The van der Waals surface area contributed by atoms with E-state index in [4.69, 9.17) is 13.9 Å². The number of Topliss-reactive ketones (excluding diaryl/α,β-unsaturated/α-hetero) is 1. The van der Waals surface area contributed by atoms with Crippen molar-refractivity contribution in [3.63, 3.8) is 0 Å². The summed E-state index contributed by atoms with van der Waals surface area (Å²) in [5.41, 5.74) is 2.11. The van der Waals surface area contributed by atoms with Gasteiger partial charge in [0.1, 0.15) is 18.6 Å². The van der Waals surface area contributed by atoms with Crippen LogP contribution in [0.25, 0.3) is 11.5 Å². The van der Waals surface area contributed by atoms with Gasteiger partial charge >= 0.3 is 0 Å². The number of carbonyl (C=O) groups excluding carboxylic acids is 1. The van der Waals surface area contributed by atoms with Crippen LogP contribution in [0.5, 0.6) is 11.5 Å². The monoisotopic (exact) mass is 365 g/mol. The summed E-state index contributed by atoms with van der Waals surface area (Å²) in [4.78, 5) is 15.7. The van der Waals surface area contributed by atoms with Gasteiger partial charge in [-0.15, -0.1) is 0 Å². The fourth-order valence-electron chi connectivity index (χ4n) is 2.43. The molecule has 0 saturated heterocycles. The Morgan fingerprint density at radius 1 is 1.07 bits per heavy atom. The van der Waals surface area contributed by atoms with Gasteiger partial charge in [0.2, 0.25) is 5.89 Å². The number of rotatable bonds is 8. The summed E-state index contributed by atoms with van der Waals surface area (Å²) in [6, 6.07) is 15.5. The predicted octanol–water partition coefficient (Wildman–Crippen LogP) is 5.16. The van der Waals surface area contributed by atoms with E-state index in [-0.39, 0.29) is 5.78 Å². The zero-order valence-corrected chi connectivity index (χ0v) is 15.8. The zero-order chi connectivity index (χ0) is 19.2. The molecule has 140 valence electrons. The van der Waals surface area contributed by atoms with Crippen molar-refractivity contribution in [1.29, 1.82) is 0 Å². The van der Waals surface area contributed by atoms with Crippen LogP contribution < -0.4 is 9.47 Å². The Labute approximate surface area is 159 Å². The summed E-state index contributed by atoms with van der Waals surface area (Å²) in [7, 11) is 0. The topological polar surface area (TPSA) is 61.6 Å². The molecule has 2 aromatic carbocycles. The molecule has 0 N–H and O–H groups in total. The first kappa shape index (κ1) is 18.7. The number of aromatic nitrogens is 1. The fraction of sp³-hybridized carbons (Fsp3) is 0.273. The second kappa shape index (κ2) is 8.54. The number of benzene rings is 2. The Bertz CT molecular complexity index is 900. The minimum atomic E-state index is -0.135. The van der Waals surface area contributed by atoms with Crippen molar-refractivity contribution in [2.45, 2.75) is 27.4 Å². The molecule has 0 aliphatic rings. The lowest BCUT2D eigenvalue weighted by molar-refractivity contribution is 0.101. The number of nitrogens with zero attached hydrogens (tertiary/aromatic N) is 1. The third-order valence-electron chi connectivity index (χ3n) is 3.86. The van der Waals surface area contributed by atoms with Crippen LogP contribution in [-0.2, 0) is 6.61 Å². The second-order valence-corrected chi connectivity index (χ2v) is 6.73. The molecule has 0 unspecified atom stereocenters. The van der Waals surface area contributed by atoms with Crippen molar-refractivity contribution in [1.82, 2.24) is 4.98 Å². The number of oxazole rings is 1. The number of hydrogen-bond acceptors (Lipinski definition) is 5. The quantitative estimate of drug-likeness (QED) is 0.516. The minimum Gasteiger partial charge on any atom is -0.489 e. The highest BCUT2D eigenvalue weighted by Gasteiger charge is 2.14. The van der Waals surface area contributed by atoms with Crippen LogP contribution in [0.2, 0.25) is 0 Å². The molecule has 5 nitrogen and oxygen atoms in total. The highest BCUT2D eigenvalue weighted by Crippen LogP contribution is 2.33. The van der Waals surface area contributed by atoms with Gasteiger partial charge in [0.05, 0.1) is 6.61 Å². The Hall–Kier alpha value is -3.08. The third kappa shape index (κ3) is 4.97. The Kier molecular flexibility index (Phi) is 5.91. The minimum absolute atomic E-state index is 0.135. The average Bonchev–Trinajstić information content (AvgIpc) is 3.16. The van der Waals surface area contributed by atoms with Crippen molar-refractivity contribution in [2.75, 3.05) is 6.61 Å². The largest absolute Gasteiger partial charge is 0.489 e. The number of carbonyl (C=O) groups is 1. The summed E-state index contributed by atoms with van der Waals surface area (Å²) < 4.78 is 17.3. The maximum absolute atomic E-state index is 11.4. The predicted molar refractivity (Wildman–Crippen MR) is 103 cm³/mol. The molecule has 0 aliphatic heterocycles. The summed E-state index contributed by atoms with van der Waals surface area (Å²) >= 11 is 0. The van der Waals surface area contributed by atoms with E-state index in [1.807, 2.05) is 48.5 Å². The lowest BCUT2D eigenvalue weighted by atomic mass is 10.2.